The Balaban J connectivity index is 1.87. The maximum Gasteiger partial charge on any atom is 0.163 e. The van der Waals surface area contributed by atoms with Crippen molar-refractivity contribution in [1.82, 2.24) is 25.1 Å². The lowest BCUT2D eigenvalue weighted by molar-refractivity contribution is 1.05. The molecule has 4 aromatic rings. The van der Waals surface area contributed by atoms with Crippen LogP contribution in [0.3, 0.4) is 0 Å². The Bertz CT molecular complexity index is 961. The van der Waals surface area contributed by atoms with E-state index in [1.54, 1.807) is 12.4 Å². The highest BCUT2D eigenvalue weighted by Gasteiger charge is 2.10. The number of aromatic nitrogens is 5. The van der Waals surface area contributed by atoms with Gasteiger partial charge >= 0.3 is 0 Å². The molecule has 112 valence electrons. The number of nitrogens with one attached hydrogen (secondary N) is 2. The van der Waals surface area contributed by atoms with Crippen molar-refractivity contribution in [2.45, 2.75) is 6.92 Å². The van der Waals surface area contributed by atoms with E-state index in [0.29, 0.717) is 5.82 Å². The van der Waals surface area contributed by atoms with E-state index in [1.807, 2.05) is 49.4 Å². The van der Waals surface area contributed by atoms with Gasteiger partial charge in [-0.05, 0) is 31.2 Å². The van der Waals surface area contributed by atoms with Crippen LogP contribution in [-0.2, 0) is 0 Å². The lowest BCUT2D eigenvalue weighted by Gasteiger charge is -2.09. The molecule has 1 aromatic carbocycles. The van der Waals surface area contributed by atoms with Crippen LogP contribution >= 0.6 is 0 Å². The second-order valence-corrected chi connectivity index (χ2v) is 5.22. The normalized spacial score (nSPS) is 10.8. The Hall–Kier alpha value is -3.28. The number of aryl methyl sites for hydroxylation is 1. The highest BCUT2D eigenvalue weighted by Crippen LogP contribution is 2.26. The zero-order valence-corrected chi connectivity index (χ0v) is 12.5. The predicted molar refractivity (Wildman–Crippen MR) is 89.4 cm³/mol. The summed E-state index contributed by atoms with van der Waals surface area (Å²) in [7, 11) is 0. The molecule has 6 nitrogen and oxygen atoms in total. The molecule has 0 atom stereocenters. The molecule has 0 spiro atoms. The summed E-state index contributed by atoms with van der Waals surface area (Å²) in [6.07, 6.45) is 3.49. The zero-order chi connectivity index (χ0) is 15.6. The fourth-order valence-corrected chi connectivity index (χ4v) is 2.40. The zero-order valence-electron chi connectivity index (χ0n) is 12.5. The van der Waals surface area contributed by atoms with Crippen LogP contribution < -0.4 is 5.32 Å². The molecule has 4 rings (SSSR count). The molecule has 0 aliphatic rings. The molecular formula is C17H14N6. The number of H-pyrrole nitrogens is 1. The molecule has 3 heterocycles. The summed E-state index contributed by atoms with van der Waals surface area (Å²) in [5, 5.41) is 11.3. The van der Waals surface area contributed by atoms with E-state index >= 15 is 0 Å². The van der Waals surface area contributed by atoms with Crippen LogP contribution in [0, 0.1) is 6.92 Å². The monoisotopic (exact) mass is 302 g/mol. The molecule has 0 saturated heterocycles. The van der Waals surface area contributed by atoms with E-state index in [9.17, 15) is 0 Å². The molecule has 3 aromatic heterocycles. The number of para-hydroxylation sites is 1. The van der Waals surface area contributed by atoms with Gasteiger partial charge in [0.15, 0.2) is 11.6 Å². The number of fused-ring (bicyclic) bond motifs is 1. The van der Waals surface area contributed by atoms with E-state index in [2.05, 4.69) is 30.5 Å². The van der Waals surface area contributed by atoms with E-state index in [1.165, 1.54) is 0 Å². The number of benzene rings is 1. The van der Waals surface area contributed by atoms with Gasteiger partial charge in [-0.3, -0.25) is 10.1 Å². The highest BCUT2D eigenvalue weighted by atomic mass is 15.2. The summed E-state index contributed by atoms with van der Waals surface area (Å²) in [5.41, 5.74) is 2.73. The lowest BCUT2D eigenvalue weighted by atomic mass is 10.2. The minimum atomic E-state index is 0.631. The second kappa shape index (κ2) is 5.49. The average molecular weight is 302 g/mol. The van der Waals surface area contributed by atoms with Gasteiger partial charge in [-0.15, -0.1) is 0 Å². The van der Waals surface area contributed by atoms with Gasteiger partial charge in [-0.25, -0.2) is 9.97 Å². The van der Waals surface area contributed by atoms with Gasteiger partial charge in [0, 0.05) is 35.1 Å². The molecule has 0 saturated carbocycles. The van der Waals surface area contributed by atoms with Crippen molar-refractivity contribution < 1.29 is 0 Å². The van der Waals surface area contributed by atoms with Gasteiger partial charge in [0.1, 0.15) is 5.82 Å². The van der Waals surface area contributed by atoms with Crippen LogP contribution in [0.4, 0.5) is 11.6 Å². The molecule has 0 amide bonds. The van der Waals surface area contributed by atoms with Crippen molar-refractivity contribution in [1.29, 1.82) is 0 Å². The molecular weight excluding hydrogens is 288 g/mol. The standard InChI is InChI=1S/C17H14N6/c1-11-9-15(23-22-11)20-17-13-6-2-3-7-14(13)19-16(21-17)12-5-4-8-18-10-12/h2-10H,1H3,(H2,19,20,21,22,23). The third-order valence-corrected chi connectivity index (χ3v) is 3.48. The predicted octanol–water partition coefficient (Wildman–Crippen LogP) is 3.47. The summed E-state index contributed by atoms with van der Waals surface area (Å²) in [6, 6.07) is 13.6. The number of aromatic amines is 1. The Kier molecular flexibility index (Phi) is 3.20. The maximum absolute atomic E-state index is 4.66. The van der Waals surface area contributed by atoms with Crippen LogP contribution in [0.15, 0.2) is 54.9 Å². The molecule has 0 radical (unpaired) electrons. The first-order chi connectivity index (χ1) is 11.3. The maximum atomic E-state index is 4.66. The summed E-state index contributed by atoms with van der Waals surface area (Å²) in [4.78, 5) is 13.4. The fourth-order valence-electron chi connectivity index (χ4n) is 2.40. The highest BCUT2D eigenvalue weighted by molar-refractivity contribution is 5.91. The third kappa shape index (κ3) is 2.62. The van der Waals surface area contributed by atoms with Crippen molar-refractivity contribution in [3.63, 3.8) is 0 Å². The van der Waals surface area contributed by atoms with E-state index in [-0.39, 0.29) is 0 Å². The number of hydrogen-bond donors (Lipinski definition) is 2. The first kappa shape index (κ1) is 13.4. The fraction of sp³-hybridized carbons (Fsp3) is 0.0588. The third-order valence-electron chi connectivity index (χ3n) is 3.48. The van der Waals surface area contributed by atoms with Crippen molar-refractivity contribution >= 4 is 22.5 Å². The van der Waals surface area contributed by atoms with Gasteiger partial charge in [0.05, 0.1) is 5.52 Å². The summed E-state index contributed by atoms with van der Waals surface area (Å²) < 4.78 is 0. The van der Waals surface area contributed by atoms with Crippen LogP contribution in [0.2, 0.25) is 0 Å². The van der Waals surface area contributed by atoms with E-state index < -0.39 is 0 Å². The van der Waals surface area contributed by atoms with E-state index in [0.717, 1.165) is 33.8 Å². The minimum Gasteiger partial charge on any atom is -0.323 e. The van der Waals surface area contributed by atoms with Gasteiger partial charge in [0.2, 0.25) is 0 Å². The Morgan fingerprint density at radius 3 is 2.74 bits per heavy atom. The molecule has 0 aliphatic heterocycles. The molecule has 6 heteroatoms. The number of nitrogens with zero attached hydrogens (tertiary/aromatic N) is 4. The van der Waals surface area contributed by atoms with Crippen molar-refractivity contribution in [3.05, 3.63) is 60.6 Å². The smallest absolute Gasteiger partial charge is 0.163 e. The van der Waals surface area contributed by atoms with Gasteiger partial charge in [-0.1, -0.05) is 12.1 Å². The molecule has 0 aliphatic carbocycles. The first-order valence-corrected chi connectivity index (χ1v) is 7.26. The van der Waals surface area contributed by atoms with E-state index in [4.69, 9.17) is 0 Å². The van der Waals surface area contributed by atoms with Crippen molar-refractivity contribution in [2.24, 2.45) is 0 Å². The number of rotatable bonds is 3. The molecule has 0 bridgehead atoms. The second-order valence-electron chi connectivity index (χ2n) is 5.22. The van der Waals surface area contributed by atoms with Gasteiger partial charge in [-0.2, -0.15) is 5.10 Å². The van der Waals surface area contributed by atoms with Gasteiger partial charge < -0.3 is 5.32 Å². The number of pyridine rings is 1. The van der Waals surface area contributed by atoms with Crippen LogP contribution in [0.1, 0.15) is 5.69 Å². The Morgan fingerprint density at radius 1 is 1.04 bits per heavy atom. The van der Waals surface area contributed by atoms with Crippen LogP contribution in [-0.4, -0.2) is 25.1 Å². The van der Waals surface area contributed by atoms with Crippen molar-refractivity contribution in [2.75, 3.05) is 5.32 Å². The average Bonchev–Trinajstić information content (AvgIpc) is 3.00. The minimum absolute atomic E-state index is 0.631. The number of hydrogen-bond acceptors (Lipinski definition) is 5. The van der Waals surface area contributed by atoms with Crippen LogP contribution in [0.5, 0.6) is 0 Å². The SMILES string of the molecule is Cc1cc(Nc2nc(-c3cccnc3)nc3ccccc23)n[nH]1. The Labute approximate surface area is 132 Å². The summed E-state index contributed by atoms with van der Waals surface area (Å²) in [5.74, 6) is 2.08. The van der Waals surface area contributed by atoms with Crippen LogP contribution in [0.25, 0.3) is 22.3 Å². The molecule has 2 N–H and O–H groups in total. The Morgan fingerprint density at radius 2 is 1.96 bits per heavy atom. The molecule has 0 fully saturated rings. The quantitative estimate of drug-likeness (QED) is 0.606. The summed E-state index contributed by atoms with van der Waals surface area (Å²) >= 11 is 0. The molecule has 0 unspecified atom stereocenters. The molecule has 23 heavy (non-hydrogen) atoms. The topological polar surface area (TPSA) is 79.4 Å². The largest absolute Gasteiger partial charge is 0.323 e. The summed E-state index contributed by atoms with van der Waals surface area (Å²) in [6.45, 7) is 1.96. The van der Waals surface area contributed by atoms with Crippen molar-refractivity contribution in [3.8, 4) is 11.4 Å². The first-order valence-electron chi connectivity index (χ1n) is 7.26. The lowest BCUT2D eigenvalue weighted by Crippen LogP contribution is -1.99. The number of anilines is 2. The van der Waals surface area contributed by atoms with Gasteiger partial charge in [0.25, 0.3) is 0 Å².